The minimum atomic E-state index is -0.168. The van der Waals surface area contributed by atoms with Crippen LogP contribution >= 0.6 is 0 Å². The summed E-state index contributed by atoms with van der Waals surface area (Å²) in [5, 5.41) is 2.91. The van der Waals surface area contributed by atoms with Crippen LogP contribution < -0.4 is 5.32 Å². The van der Waals surface area contributed by atoms with Gasteiger partial charge in [-0.1, -0.05) is 36.4 Å². The molecule has 2 fully saturated rings. The second-order valence-electron chi connectivity index (χ2n) is 7.95. The molecule has 1 aromatic carbocycles. The molecule has 2 atom stereocenters. The second-order valence-corrected chi connectivity index (χ2v) is 7.95. The van der Waals surface area contributed by atoms with Crippen LogP contribution in [0.25, 0.3) is 0 Å². The summed E-state index contributed by atoms with van der Waals surface area (Å²) < 4.78 is 0. The quantitative estimate of drug-likeness (QED) is 0.842. The van der Waals surface area contributed by atoms with Crippen molar-refractivity contribution in [1.82, 2.24) is 15.2 Å². The number of carbonyl (C=O) groups is 2. The fraction of sp³-hybridized carbons (Fsp3) is 0.435. The zero-order valence-electron chi connectivity index (χ0n) is 16.1. The highest BCUT2D eigenvalue weighted by Gasteiger charge is 2.49. The minimum absolute atomic E-state index is 0.0250. The highest BCUT2D eigenvalue weighted by molar-refractivity contribution is 5.92. The number of piperidine rings is 1. The number of hydrogen-bond acceptors (Lipinski definition) is 3. The molecule has 0 bridgehead atoms. The molecule has 5 heteroatoms. The largest absolute Gasteiger partial charge is 0.350 e. The number of nitrogens with zero attached hydrogens (tertiary/aromatic N) is 2. The molecular weight excluding hydrogens is 350 g/mol. The number of carbonyl (C=O) groups excluding carboxylic acids is 2. The topological polar surface area (TPSA) is 62.3 Å². The van der Waals surface area contributed by atoms with Crippen LogP contribution in [-0.2, 0) is 22.6 Å². The fourth-order valence-corrected chi connectivity index (χ4v) is 4.11. The Morgan fingerprint density at radius 1 is 1.00 bits per heavy atom. The Kier molecular flexibility index (Phi) is 5.70. The molecule has 2 aliphatic rings. The summed E-state index contributed by atoms with van der Waals surface area (Å²) in [6.45, 7) is 2.05. The Morgan fingerprint density at radius 3 is 2.46 bits per heavy atom. The van der Waals surface area contributed by atoms with E-state index in [4.69, 9.17) is 0 Å². The van der Waals surface area contributed by atoms with Crippen molar-refractivity contribution in [2.75, 3.05) is 13.1 Å². The predicted molar refractivity (Wildman–Crippen MR) is 107 cm³/mol. The normalized spacial score (nSPS) is 21.9. The van der Waals surface area contributed by atoms with Gasteiger partial charge in [0.2, 0.25) is 11.8 Å². The summed E-state index contributed by atoms with van der Waals surface area (Å²) in [5.41, 5.74) is 2.21. The van der Waals surface area contributed by atoms with E-state index >= 15 is 0 Å². The molecule has 1 saturated heterocycles. The van der Waals surface area contributed by atoms with Crippen LogP contribution in [0.1, 0.15) is 30.5 Å². The van der Waals surface area contributed by atoms with Crippen LogP contribution in [0.2, 0.25) is 0 Å². The van der Waals surface area contributed by atoms with E-state index in [1.165, 1.54) is 5.56 Å². The highest BCUT2D eigenvalue weighted by atomic mass is 16.2. The number of nitrogens with one attached hydrogen (secondary N) is 1. The second kappa shape index (κ2) is 8.55. The molecule has 146 valence electrons. The molecule has 1 saturated carbocycles. The first-order valence-electron chi connectivity index (χ1n) is 10.2. The number of pyridine rings is 1. The molecule has 28 heavy (non-hydrogen) atoms. The molecule has 1 N–H and O–H groups in total. The van der Waals surface area contributed by atoms with E-state index in [0.29, 0.717) is 18.9 Å². The van der Waals surface area contributed by atoms with Crippen molar-refractivity contribution in [2.45, 2.75) is 32.2 Å². The Labute approximate surface area is 166 Å². The van der Waals surface area contributed by atoms with Gasteiger partial charge in [0.15, 0.2) is 0 Å². The Morgan fingerprint density at radius 2 is 1.75 bits per heavy atom. The van der Waals surface area contributed by atoms with Gasteiger partial charge in [0.05, 0.1) is 24.1 Å². The predicted octanol–water partition coefficient (Wildman–Crippen LogP) is 2.82. The maximum absolute atomic E-state index is 12.7. The van der Waals surface area contributed by atoms with Crippen LogP contribution in [0.5, 0.6) is 0 Å². The number of aromatic nitrogens is 1. The number of benzene rings is 1. The van der Waals surface area contributed by atoms with Crippen molar-refractivity contribution in [1.29, 1.82) is 0 Å². The van der Waals surface area contributed by atoms with E-state index in [-0.39, 0.29) is 23.7 Å². The monoisotopic (exact) mass is 377 g/mol. The molecule has 1 aliphatic carbocycles. The summed E-state index contributed by atoms with van der Waals surface area (Å²) >= 11 is 0. The van der Waals surface area contributed by atoms with Gasteiger partial charge in [0.1, 0.15) is 0 Å². The minimum Gasteiger partial charge on any atom is -0.350 e. The third kappa shape index (κ3) is 4.58. The zero-order chi connectivity index (χ0) is 19.3. The Bertz CT molecular complexity index is 801. The summed E-state index contributed by atoms with van der Waals surface area (Å²) in [5.74, 6) is 0.481. The van der Waals surface area contributed by atoms with Gasteiger partial charge in [-0.05, 0) is 49.3 Å². The summed E-state index contributed by atoms with van der Waals surface area (Å²) in [6.07, 6.45) is 5.57. The molecular formula is C23H27N3O2. The fourth-order valence-electron chi connectivity index (χ4n) is 4.11. The van der Waals surface area contributed by atoms with Crippen molar-refractivity contribution < 1.29 is 9.59 Å². The lowest BCUT2D eigenvalue weighted by Gasteiger charge is -2.32. The Balaban J connectivity index is 1.20. The van der Waals surface area contributed by atoms with Crippen molar-refractivity contribution in [3.63, 3.8) is 0 Å². The molecule has 1 aliphatic heterocycles. The number of rotatable bonds is 6. The zero-order valence-corrected chi connectivity index (χ0v) is 16.1. The van der Waals surface area contributed by atoms with E-state index in [1.54, 1.807) is 6.20 Å². The van der Waals surface area contributed by atoms with E-state index in [9.17, 15) is 9.59 Å². The summed E-state index contributed by atoms with van der Waals surface area (Å²) in [6, 6.07) is 16.2. The van der Waals surface area contributed by atoms with Gasteiger partial charge in [-0.15, -0.1) is 0 Å². The SMILES string of the molecule is O=C(NCc1ccccn1)C1CC1C(=O)N1CCC(Cc2ccccc2)CC1. The molecule has 0 spiro atoms. The van der Waals surface area contributed by atoms with Crippen molar-refractivity contribution in [3.8, 4) is 0 Å². The highest BCUT2D eigenvalue weighted by Crippen LogP contribution is 2.41. The van der Waals surface area contributed by atoms with Gasteiger partial charge in [-0.25, -0.2) is 0 Å². The van der Waals surface area contributed by atoms with Crippen molar-refractivity contribution in [3.05, 3.63) is 66.0 Å². The number of hydrogen-bond donors (Lipinski definition) is 1. The standard InChI is InChI=1S/C23H27N3O2/c27-22(25-16-19-8-4-5-11-24-19)20-15-21(20)23(28)26-12-9-18(10-13-26)14-17-6-2-1-3-7-17/h1-8,11,18,20-21H,9-10,12-16H2,(H,25,27). The molecule has 2 aromatic rings. The molecule has 5 nitrogen and oxygen atoms in total. The lowest BCUT2D eigenvalue weighted by Crippen LogP contribution is -2.40. The summed E-state index contributed by atoms with van der Waals surface area (Å²) in [4.78, 5) is 31.2. The first-order chi connectivity index (χ1) is 13.7. The molecule has 0 radical (unpaired) electrons. The van der Waals surface area contributed by atoms with Crippen molar-refractivity contribution >= 4 is 11.8 Å². The maximum Gasteiger partial charge on any atom is 0.226 e. The van der Waals surface area contributed by atoms with Gasteiger partial charge in [0, 0.05) is 19.3 Å². The van der Waals surface area contributed by atoms with Gasteiger partial charge in [0.25, 0.3) is 0 Å². The van der Waals surface area contributed by atoms with Crippen molar-refractivity contribution in [2.24, 2.45) is 17.8 Å². The van der Waals surface area contributed by atoms with Crippen LogP contribution in [-0.4, -0.2) is 34.8 Å². The molecule has 4 rings (SSSR count). The first kappa shape index (κ1) is 18.7. The van der Waals surface area contributed by atoms with Gasteiger partial charge < -0.3 is 10.2 Å². The third-order valence-electron chi connectivity index (χ3n) is 5.91. The number of likely N-dealkylation sites (tertiary alicyclic amines) is 1. The maximum atomic E-state index is 12.7. The average molecular weight is 377 g/mol. The van der Waals surface area contributed by atoms with Gasteiger partial charge >= 0.3 is 0 Å². The molecule has 1 aromatic heterocycles. The first-order valence-corrected chi connectivity index (χ1v) is 10.2. The smallest absolute Gasteiger partial charge is 0.226 e. The van der Waals surface area contributed by atoms with Crippen LogP contribution in [0, 0.1) is 17.8 Å². The molecule has 2 amide bonds. The van der Waals surface area contributed by atoms with Crippen LogP contribution in [0.3, 0.4) is 0 Å². The van der Waals surface area contributed by atoms with Gasteiger partial charge in [-0.2, -0.15) is 0 Å². The van der Waals surface area contributed by atoms with E-state index < -0.39 is 0 Å². The van der Waals surface area contributed by atoms with Gasteiger partial charge in [-0.3, -0.25) is 14.6 Å². The lowest BCUT2D eigenvalue weighted by atomic mass is 9.90. The van der Waals surface area contributed by atoms with Crippen LogP contribution in [0.4, 0.5) is 0 Å². The van der Waals surface area contributed by atoms with E-state index in [1.807, 2.05) is 29.2 Å². The van der Waals surface area contributed by atoms with E-state index in [2.05, 4.69) is 34.6 Å². The third-order valence-corrected chi connectivity index (χ3v) is 5.91. The lowest BCUT2D eigenvalue weighted by molar-refractivity contribution is -0.136. The molecule has 2 unspecified atom stereocenters. The van der Waals surface area contributed by atoms with E-state index in [0.717, 1.165) is 38.0 Å². The average Bonchev–Trinajstić information content (AvgIpc) is 3.55. The molecule has 2 heterocycles. The summed E-state index contributed by atoms with van der Waals surface area (Å²) in [7, 11) is 0. The Hall–Kier alpha value is -2.69. The van der Waals surface area contributed by atoms with Crippen LogP contribution in [0.15, 0.2) is 54.7 Å². The number of amides is 2.